The van der Waals surface area contributed by atoms with E-state index in [2.05, 4.69) is 12.1 Å². The van der Waals surface area contributed by atoms with Crippen molar-refractivity contribution in [1.29, 1.82) is 0 Å². The zero-order valence-corrected chi connectivity index (χ0v) is 8.90. The van der Waals surface area contributed by atoms with Gasteiger partial charge in [-0.1, -0.05) is 44.2 Å². The van der Waals surface area contributed by atoms with Gasteiger partial charge in [0.05, 0.1) is 0 Å². The van der Waals surface area contributed by atoms with E-state index in [4.69, 9.17) is 5.73 Å². The minimum atomic E-state index is -0.157. The van der Waals surface area contributed by atoms with Crippen molar-refractivity contribution in [3.63, 3.8) is 0 Å². The highest BCUT2D eigenvalue weighted by molar-refractivity contribution is 5.22. The van der Waals surface area contributed by atoms with E-state index in [0.29, 0.717) is 6.54 Å². The Morgan fingerprint density at radius 2 is 1.86 bits per heavy atom. The summed E-state index contributed by atoms with van der Waals surface area (Å²) >= 11 is 0. The molecule has 0 saturated heterocycles. The lowest BCUT2D eigenvalue weighted by Crippen LogP contribution is -2.31. The van der Waals surface area contributed by atoms with Crippen LogP contribution in [-0.4, -0.2) is 18.3 Å². The minimum absolute atomic E-state index is 0.157. The van der Waals surface area contributed by atoms with Gasteiger partial charge in [0.25, 0.3) is 0 Å². The summed E-state index contributed by atoms with van der Waals surface area (Å²) < 4.78 is 0. The molecule has 1 atom stereocenters. The first kappa shape index (κ1) is 11.2. The number of aliphatic hydroxyl groups excluding tert-OH is 1. The van der Waals surface area contributed by atoms with Crippen LogP contribution in [0.5, 0.6) is 0 Å². The zero-order valence-electron chi connectivity index (χ0n) is 8.90. The fourth-order valence-corrected chi connectivity index (χ4v) is 1.70. The largest absolute Gasteiger partial charge is 0.396 e. The molecule has 1 aromatic carbocycles. The summed E-state index contributed by atoms with van der Waals surface area (Å²) in [4.78, 5) is 0. The molecule has 0 aliphatic carbocycles. The van der Waals surface area contributed by atoms with Crippen LogP contribution in [-0.2, 0) is 0 Å². The predicted octanol–water partition coefficient (Wildman–Crippen LogP) is 1.75. The molecule has 0 aliphatic heterocycles. The highest BCUT2D eigenvalue weighted by Crippen LogP contribution is 2.33. The standard InChI is InChI=1S/C12H19NO/c1-12(2,9-14)11(8-13)10-6-4-3-5-7-10/h3-7,11,14H,8-9,13H2,1-2H3. The van der Waals surface area contributed by atoms with E-state index in [1.54, 1.807) is 0 Å². The van der Waals surface area contributed by atoms with Gasteiger partial charge < -0.3 is 10.8 Å². The number of hydrogen-bond donors (Lipinski definition) is 2. The maximum Gasteiger partial charge on any atom is 0.0488 e. The lowest BCUT2D eigenvalue weighted by Gasteiger charge is -2.32. The van der Waals surface area contributed by atoms with Crippen molar-refractivity contribution < 1.29 is 5.11 Å². The molecular weight excluding hydrogens is 174 g/mol. The molecule has 78 valence electrons. The number of rotatable bonds is 4. The van der Waals surface area contributed by atoms with Crippen molar-refractivity contribution in [3.05, 3.63) is 35.9 Å². The van der Waals surface area contributed by atoms with Gasteiger partial charge in [0.2, 0.25) is 0 Å². The van der Waals surface area contributed by atoms with Gasteiger partial charge in [-0.15, -0.1) is 0 Å². The van der Waals surface area contributed by atoms with Crippen molar-refractivity contribution in [2.24, 2.45) is 11.1 Å². The highest BCUT2D eigenvalue weighted by atomic mass is 16.3. The summed E-state index contributed by atoms with van der Waals surface area (Å²) in [5, 5.41) is 9.30. The molecule has 0 radical (unpaired) electrons. The molecule has 0 amide bonds. The average molecular weight is 193 g/mol. The molecule has 2 nitrogen and oxygen atoms in total. The fraction of sp³-hybridized carbons (Fsp3) is 0.500. The van der Waals surface area contributed by atoms with Gasteiger partial charge in [-0.3, -0.25) is 0 Å². The third-order valence-corrected chi connectivity index (χ3v) is 2.79. The van der Waals surface area contributed by atoms with Crippen molar-refractivity contribution in [1.82, 2.24) is 0 Å². The van der Waals surface area contributed by atoms with E-state index < -0.39 is 0 Å². The highest BCUT2D eigenvalue weighted by Gasteiger charge is 2.28. The number of hydrogen-bond acceptors (Lipinski definition) is 2. The van der Waals surface area contributed by atoms with E-state index in [1.807, 2.05) is 32.0 Å². The Balaban J connectivity index is 2.93. The number of nitrogens with two attached hydrogens (primary N) is 1. The summed E-state index contributed by atoms with van der Waals surface area (Å²) in [6.45, 7) is 4.80. The lowest BCUT2D eigenvalue weighted by atomic mass is 9.75. The van der Waals surface area contributed by atoms with Crippen LogP contribution in [0, 0.1) is 5.41 Å². The van der Waals surface area contributed by atoms with Crippen LogP contribution in [0.3, 0.4) is 0 Å². The maximum atomic E-state index is 9.30. The molecule has 2 heteroatoms. The summed E-state index contributed by atoms with van der Waals surface area (Å²) in [7, 11) is 0. The molecule has 0 fully saturated rings. The minimum Gasteiger partial charge on any atom is -0.396 e. The Kier molecular flexibility index (Phi) is 3.67. The van der Waals surface area contributed by atoms with Crippen LogP contribution in [0.15, 0.2) is 30.3 Å². The zero-order chi connectivity index (χ0) is 10.6. The third kappa shape index (κ3) is 2.34. The summed E-state index contributed by atoms with van der Waals surface area (Å²) in [6, 6.07) is 10.1. The van der Waals surface area contributed by atoms with Crippen LogP contribution >= 0.6 is 0 Å². The quantitative estimate of drug-likeness (QED) is 0.765. The molecule has 3 N–H and O–H groups in total. The monoisotopic (exact) mass is 193 g/mol. The molecule has 1 aromatic rings. The third-order valence-electron chi connectivity index (χ3n) is 2.79. The molecule has 0 spiro atoms. The Labute approximate surface area is 85.8 Å². The summed E-state index contributed by atoms with van der Waals surface area (Å²) in [5.41, 5.74) is 6.80. The van der Waals surface area contributed by atoms with Crippen LogP contribution < -0.4 is 5.73 Å². The van der Waals surface area contributed by atoms with Crippen molar-refractivity contribution in [2.75, 3.05) is 13.2 Å². The first-order valence-corrected chi connectivity index (χ1v) is 4.97. The van der Waals surface area contributed by atoms with E-state index in [-0.39, 0.29) is 17.9 Å². The number of benzene rings is 1. The second-order valence-electron chi connectivity index (χ2n) is 4.35. The van der Waals surface area contributed by atoms with E-state index >= 15 is 0 Å². The fourth-order valence-electron chi connectivity index (χ4n) is 1.70. The SMILES string of the molecule is CC(C)(CO)C(CN)c1ccccc1. The molecule has 1 rings (SSSR count). The topological polar surface area (TPSA) is 46.2 Å². The molecule has 14 heavy (non-hydrogen) atoms. The van der Waals surface area contributed by atoms with Crippen LogP contribution in [0.1, 0.15) is 25.3 Å². The summed E-state index contributed by atoms with van der Waals surface area (Å²) in [6.07, 6.45) is 0. The van der Waals surface area contributed by atoms with Gasteiger partial charge in [0.1, 0.15) is 0 Å². The van der Waals surface area contributed by atoms with Gasteiger partial charge >= 0.3 is 0 Å². The first-order chi connectivity index (χ1) is 6.61. The predicted molar refractivity (Wildman–Crippen MR) is 59.1 cm³/mol. The second kappa shape index (κ2) is 4.58. The van der Waals surface area contributed by atoms with Crippen LogP contribution in [0.25, 0.3) is 0 Å². The lowest BCUT2D eigenvalue weighted by molar-refractivity contribution is 0.132. The van der Waals surface area contributed by atoms with Crippen molar-refractivity contribution in [3.8, 4) is 0 Å². The van der Waals surface area contributed by atoms with Crippen molar-refractivity contribution in [2.45, 2.75) is 19.8 Å². The van der Waals surface area contributed by atoms with Crippen LogP contribution in [0.4, 0.5) is 0 Å². The maximum absolute atomic E-state index is 9.30. The van der Waals surface area contributed by atoms with E-state index in [1.165, 1.54) is 5.56 Å². The molecule has 0 heterocycles. The Hall–Kier alpha value is -0.860. The molecular formula is C12H19NO. The van der Waals surface area contributed by atoms with Gasteiger partial charge in [-0.2, -0.15) is 0 Å². The smallest absolute Gasteiger partial charge is 0.0488 e. The van der Waals surface area contributed by atoms with Gasteiger partial charge in [-0.25, -0.2) is 0 Å². The molecule has 0 aliphatic rings. The molecule has 0 saturated carbocycles. The van der Waals surface area contributed by atoms with Crippen molar-refractivity contribution >= 4 is 0 Å². The Morgan fingerprint density at radius 3 is 2.29 bits per heavy atom. The average Bonchev–Trinajstić information content (AvgIpc) is 2.20. The molecule has 1 unspecified atom stereocenters. The van der Waals surface area contributed by atoms with E-state index in [9.17, 15) is 5.11 Å². The van der Waals surface area contributed by atoms with Gasteiger partial charge in [0.15, 0.2) is 0 Å². The first-order valence-electron chi connectivity index (χ1n) is 4.97. The van der Waals surface area contributed by atoms with Crippen LogP contribution in [0.2, 0.25) is 0 Å². The molecule has 0 bridgehead atoms. The Morgan fingerprint density at radius 1 is 1.29 bits per heavy atom. The van der Waals surface area contributed by atoms with E-state index in [0.717, 1.165) is 0 Å². The summed E-state index contributed by atoms with van der Waals surface area (Å²) in [5.74, 6) is 0.216. The Bertz CT molecular complexity index is 269. The molecule has 0 aromatic heterocycles. The van der Waals surface area contributed by atoms with Gasteiger partial charge in [0, 0.05) is 12.5 Å². The number of aliphatic hydroxyl groups is 1. The second-order valence-corrected chi connectivity index (χ2v) is 4.35. The normalized spacial score (nSPS) is 14.0. The van der Waals surface area contributed by atoms with Gasteiger partial charge in [-0.05, 0) is 17.5 Å².